The van der Waals surface area contributed by atoms with Crippen molar-refractivity contribution < 1.29 is 4.79 Å². The molecule has 1 aromatic rings. The summed E-state index contributed by atoms with van der Waals surface area (Å²) < 4.78 is 0. The van der Waals surface area contributed by atoms with E-state index in [1.807, 2.05) is 4.90 Å². The first-order valence-electron chi connectivity index (χ1n) is 4.78. The normalized spacial score (nSPS) is 16.5. The highest BCUT2D eigenvalue weighted by atomic mass is 35.5. The number of nitrogens with zero attached hydrogens (tertiary/aromatic N) is 1. The van der Waals surface area contributed by atoms with Crippen molar-refractivity contribution in [2.45, 2.75) is 25.9 Å². The average Bonchev–Trinajstić information content (AvgIpc) is 2.62. The Hall–Kier alpha value is -0.580. The molecule has 1 unspecified atom stereocenters. The van der Waals surface area contributed by atoms with Gasteiger partial charge in [-0.1, -0.05) is 0 Å². The smallest absolute Gasteiger partial charge is 0.239 e. The number of carbonyl (C=O) groups is 1. The van der Waals surface area contributed by atoms with Crippen LogP contribution in [0.3, 0.4) is 0 Å². The van der Waals surface area contributed by atoms with Gasteiger partial charge in [0.15, 0.2) is 0 Å². The molecule has 84 valence electrons. The topological polar surface area (TPSA) is 46.3 Å². The zero-order chi connectivity index (χ0) is 10.1. The highest BCUT2D eigenvalue weighted by molar-refractivity contribution is 7.10. The fourth-order valence-corrected chi connectivity index (χ4v) is 2.66. The van der Waals surface area contributed by atoms with Gasteiger partial charge in [-0.25, -0.2) is 0 Å². The van der Waals surface area contributed by atoms with Crippen molar-refractivity contribution in [2.24, 2.45) is 5.73 Å². The summed E-state index contributed by atoms with van der Waals surface area (Å²) in [6.07, 6.45) is 0.970. The first-order chi connectivity index (χ1) is 6.68. The van der Waals surface area contributed by atoms with Crippen LogP contribution >= 0.6 is 23.7 Å². The first-order valence-corrected chi connectivity index (χ1v) is 5.66. The Morgan fingerprint density at radius 2 is 2.40 bits per heavy atom. The van der Waals surface area contributed by atoms with Crippen molar-refractivity contribution >= 4 is 29.7 Å². The minimum absolute atomic E-state index is 0. The second-order valence-corrected chi connectivity index (χ2v) is 4.67. The highest BCUT2D eigenvalue weighted by Crippen LogP contribution is 2.24. The van der Waals surface area contributed by atoms with E-state index in [1.54, 1.807) is 18.3 Å². The Labute approximate surface area is 99.7 Å². The van der Waals surface area contributed by atoms with Crippen LogP contribution in [-0.2, 0) is 17.8 Å². The van der Waals surface area contributed by atoms with E-state index in [1.165, 1.54) is 10.4 Å². The molecular formula is C10H15ClN2OS. The number of rotatable bonds is 1. The summed E-state index contributed by atoms with van der Waals surface area (Å²) >= 11 is 1.72. The first kappa shape index (κ1) is 12.5. The van der Waals surface area contributed by atoms with Gasteiger partial charge in [0.05, 0.1) is 12.6 Å². The van der Waals surface area contributed by atoms with Crippen LogP contribution in [0.15, 0.2) is 11.4 Å². The second-order valence-electron chi connectivity index (χ2n) is 3.67. The van der Waals surface area contributed by atoms with E-state index in [4.69, 9.17) is 5.73 Å². The summed E-state index contributed by atoms with van der Waals surface area (Å²) in [6, 6.07) is 1.77. The van der Waals surface area contributed by atoms with Crippen molar-refractivity contribution in [3.05, 3.63) is 21.9 Å². The van der Waals surface area contributed by atoms with Crippen molar-refractivity contribution in [3.63, 3.8) is 0 Å². The largest absolute Gasteiger partial charge is 0.336 e. The molecule has 2 heterocycles. The van der Waals surface area contributed by atoms with Gasteiger partial charge in [-0.2, -0.15) is 0 Å². The van der Waals surface area contributed by atoms with Crippen LogP contribution in [0.2, 0.25) is 0 Å². The Kier molecular flexibility index (Phi) is 4.13. The lowest BCUT2D eigenvalue weighted by Crippen LogP contribution is -2.44. The number of hydrogen-bond acceptors (Lipinski definition) is 3. The van der Waals surface area contributed by atoms with Crippen molar-refractivity contribution in [1.82, 2.24) is 4.90 Å². The molecule has 0 aromatic carbocycles. The zero-order valence-electron chi connectivity index (χ0n) is 8.60. The third kappa shape index (κ3) is 2.51. The monoisotopic (exact) mass is 246 g/mol. The van der Waals surface area contributed by atoms with Gasteiger partial charge >= 0.3 is 0 Å². The Bertz CT molecular complexity index is 351. The number of thiophene rings is 1. The van der Waals surface area contributed by atoms with Crippen LogP contribution in [0.1, 0.15) is 17.4 Å². The molecule has 1 amide bonds. The van der Waals surface area contributed by atoms with Gasteiger partial charge in [-0.15, -0.1) is 23.7 Å². The fraction of sp³-hybridized carbons (Fsp3) is 0.500. The van der Waals surface area contributed by atoms with E-state index in [-0.39, 0.29) is 24.4 Å². The van der Waals surface area contributed by atoms with Gasteiger partial charge in [-0.3, -0.25) is 4.79 Å². The minimum atomic E-state index is -0.378. The van der Waals surface area contributed by atoms with Gasteiger partial charge in [0.25, 0.3) is 0 Å². The van der Waals surface area contributed by atoms with E-state index in [0.29, 0.717) is 0 Å². The van der Waals surface area contributed by atoms with Crippen LogP contribution in [0.25, 0.3) is 0 Å². The van der Waals surface area contributed by atoms with Gasteiger partial charge in [0.1, 0.15) is 0 Å². The summed E-state index contributed by atoms with van der Waals surface area (Å²) in [5.74, 6) is 0.0593. The Morgan fingerprint density at radius 1 is 1.67 bits per heavy atom. The second kappa shape index (κ2) is 4.96. The standard InChI is InChI=1S/C10H14N2OS.ClH/c1-7(11)10(13)12-4-2-8-3-5-14-9(8)6-12;/h3,5,7H,2,4,6,11H2,1H3;1H. The van der Waals surface area contributed by atoms with E-state index >= 15 is 0 Å². The average molecular weight is 247 g/mol. The third-order valence-electron chi connectivity index (χ3n) is 2.52. The number of hydrogen-bond donors (Lipinski definition) is 1. The third-order valence-corrected chi connectivity index (χ3v) is 3.47. The van der Waals surface area contributed by atoms with Crippen LogP contribution in [0, 0.1) is 0 Å². The van der Waals surface area contributed by atoms with Crippen LogP contribution in [-0.4, -0.2) is 23.4 Å². The van der Waals surface area contributed by atoms with Gasteiger partial charge < -0.3 is 10.6 Å². The number of halogens is 1. The molecule has 0 saturated carbocycles. The maximum atomic E-state index is 11.6. The maximum Gasteiger partial charge on any atom is 0.239 e. The van der Waals surface area contributed by atoms with E-state index < -0.39 is 0 Å². The Balaban J connectivity index is 0.00000112. The molecule has 0 spiro atoms. The Morgan fingerprint density at radius 3 is 3.07 bits per heavy atom. The summed E-state index contributed by atoms with van der Waals surface area (Å²) in [7, 11) is 0. The molecule has 1 atom stereocenters. The molecule has 3 nitrogen and oxygen atoms in total. The lowest BCUT2D eigenvalue weighted by atomic mass is 10.1. The molecule has 1 aliphatic heterocycles. The lowest BCUT2D eigenvalue weighted by molar-refractivity contribution is -0.133. The predicted octanol–water partition coefficient (Wildman–Crippen LogP) is 1.40. The molecule has 5 heteroatoms. The quantitative estimate of drug-likeness (QED) is 0.814. The summed E-state index contributed by atoms with van der Waals surface area (Å²) in [6.45, 7) is 3.30. The molecular weight excluding hydrogens is 232 g/mol. The van der Waals surface area contributed by atoms with Gasteiger partial charge in [0.2, 0.25) is 5.91 Å². The number of carbonyl (C=O) groups excluding carboxylic acids is 1. The van der Waals surface area contributed by atoms with E-state index in [0.717, 1.165) is 19.5 Å². The number of nitrogens with two attached hydrogens (primary N) is 1. The number of amides is 1. The summed E-state index contributed by atoms with van der Waals surface area (Å²) in [5, 5.41) is 2.09. The number of fused-ring (bicyclic) bond motifs is 1. The van der Waals surface area contributed by atoms with E-state index in [9.17, 15) is 4.79 Å². The molecule has 15 heavy (non-hydrogen) atoms. The van der Waals surface area contributed by atoms with E-state index in [2.05, 4.69) is 11.4 Å². The molecule has 1 aliphatic rings. The zero-order valence-corrected chi connectivity index (χ0v) is 10.2. The summed E-state index contributed by atoms with van der Waals surface area (Å²) in [4.78, 5) is 14.8. The minimum Gasteiger partial charge on any atom is -0.336 e. The molecule has 2 rings (SSSR count). The van der Waals surface area contributed by atoms with Crippen LogP contribution in [0.4, 0.5) is 0 Å². The van der Waals surface area contributed by atoms with Crippen molar-refractivity contribution in [2.75, 3.05) is 6.54 Å². The maximum absolute atomic E-state index is 11.6. The van der Waals surface area contributed by atoms with Gasteiger partial charge in [0, 0.05) is 11.4 Å². The summed E-state index contributed by atoms with van der Waals surface area (Å²) in [5.41, 5.74) is 6.97. The molecule has 0 saturated heterocycles. The molecule has 1 aromatic heterocycles. The van der Waals surface area contributed by atoms with Crippen molar-refractivity contribution in [1.29, 1.82) is 0 Å². The van der Waals surface area contributed by atoms with Crippen molar-refractivity contribution in [3.8, 4) is 0 Å². The molecule has 0 radical (unpaired) electrons. The van der Waals surface area contributed by atoms with Crippen LogP contribution in [0.5, 0.6) is 0 Å². The lowest BCUT2D eigenvalue weighted by Gasteiger charge is -2.28. The fourth-order valence-electron chi connectivity index (χ4n) is 1.71. The predicted molar refractivity (Wildman–Crippen MR) is 64.3 cm³/mol. The molecule has 0 bridgehead atoms. The highest BCUT2D eigenvalue weighted by Gasteiger charge is 2.23. The molecule has 0 fully saturated rings. The van der Waals surface area contributed by atoms with Gasteiger partial charge in [-0.05, 0) is 30.4 Å². The SMILES string of the molecule is CC(N)C(=O)N1CCc2ccsc2C1.Cl. The molecule has 2 N–H and O–H groups in total. The molecule has 0 aliphatic carbocycles. The van der Waals surface area contributed by atoms with Crippen LogP contribution < -0.4 is 5.73 Å².